The number of nitrogens with zero attached hydrogens (tertiary/aromatic N) is 2. The van der Waals surface area contributed by atoms with Crippen LogP contribution in [0.15, 0.2) is 0 Å². The first kappa shape index (κ1) is 13.9. The van der Waals surface area contributed by atoms with Crippen LogP contribution in [0, 0.1) is 0 Å². The summed E-state index contributed by atoms with van der Waals surface area (Å²) in [6.07, 6.45) is 1.28. The van der Waals surface area contributed by atoms with E-state index >= 15 is 0 Å². The fourth-order valence-electron chi connectivity index (χ4n) is 1.55. The zero-order valence-electron chi connectivity index (χ0n) is 10.3. The van der Waals surface area contributed by atoms with Gasteiger partial charge in [-0.1, -0.05) is 13.8 Å². The Balaban J connectivity index is 0.000000791. The van der Waals surface area contributed by atoms with Crippen LogP contribution in [0.4, 0.5) is 0 Å². The zero-order chi connectivity index (χ0) is 10.8. The molecule has 0 saturated carbocycles. The molecule has 1 heterocycles. The first-order valence-electron chi connectivity index (χ1n) is 5.88. The van der Waals surface area contributed by atoms with Crippen molar-refractivity contribution in [2.45, 2.75) is 20.3 Å². The minimum absolute atomic E-state index is 1.15. The van der Waals surface area contributed by atoms with Crippen LogP contribution in [0.2, 0.25) is 0 Å². The van der Waals surface area contributed by atoms with E-state index in [1.54, 1.807) is 0 Å². The monoisotopic (exact) mass is 201 g/mol. The van der Waals surface area contributed by atoms with Crippen molar-refractivity contribution in [3.63, 3.8) is 0 Å². The van der Waals surface area contributed by atoms with Crippen LogP contribution in [0.1, 0.15) is 20.3 Å². The number of hydrogen-bond donors (Lipinski definition) is 1. The topological polar surface area (TPSA) is 18.5 Å². The second-order valence-electron chi connectivity index (χ2n) is 3.60. The SMILES string of the molecule is CC.CNCCCN1CCN(C)CC1. The Morgan fingerprint density at radius 1 is 1.07 bits per heavy atom. The molecule has 14 heavy (non-hydrogen) atoms. The van der Waals surface area contributed by atoms with Crippen molar-refractivity contribution in [3.05, 3.63) is 0 Å². The van der Waals surface area contributed by atoms with Crippen molar-refractivity contribution in [2.75, 3.05) is 53.4 Å². The van der Waals surface area contributed by atoms with Crippen LogP contribution >= 0.6 is 0 Å². The summed E-state index contributed by atoms with van der Waals surface area (Å²) >= 11 is 0. The number of nitrogens with one attached hydrogen (secondary N) is 1. The van der Waals surface area contributed by atoms with Gasteiger partial charge in [0, 0.05) is 26.2 Å². The molecule has 0 aromatic heterocycles. The normalized spacial score (nSPS) is 18.9. The summed E-state index contributed by atoms with van der Waals surface area (Å²) < 4.78 is 0. The van der Waals surface area contributed by atoms with E-state index in [-0.39, 0.29) is 0 Å². The molecule has 1 saturated heterocycles. The van der Waals surface area contributed by atoms with Gasteiger partial charge in [-0.2, -0.15) is 0 Å². The van der Waals surface area contributed by atoms with Gasteiger partial charge in [0.05, 0.1) is 0 Å². The summed E-state index contributed by atoms with van der Waals surface area (Å²) in [5.74, 6) is 0. The Hall–Kier alpha value is -0.120. The summed E-state index contributed by atoms with van der Waals surface area (Å²) in [6.45, 7) is 11.4. The molecule has 0 radical (unpaired) electrons. The van der Waals surface area contributed by atoms with Gasteiger partial charge in [0.25, 0.3) is 0 Å². The van der Waals surface area contributed by atoms with Crippen LogP contribution in [-0.2, 0) is 0 Å². The van der Waals surface area contributed by atoms with E-state index in [0.29, 0.717) is 0 Å². The van der Waals surface area contributed by atoms with Gasteiger partial charge in [0.15, 0.2) is 0 Å². The highest BCUT2D eigenvalue weighted by Gasteiger charge is 2.12. The molecular weight excluding hydrogens is 174 g/mol. The van der Waals surface area contributed by atoms with Gasteiger partial charge in [-0.05, 0) is 33.6 Å². The summed E-state index contributed by atoms with van der Waals surface area (Å²) in [4.78, 5) is 4.95. The van der Waals surface area contributed by atoms with E-state index in [1.807, 2.05) is 20.9 Å². The van der Waals surface area contributed by atoms with Crippen molar-refractivity contribution in [1.29, 1.82) is 0 Å². The number of likely N-dealkylation sites (N-methyl/N-ethyl adjacent to an activating group) is 1. The highest BCUT2D eigenvalue weighted by atomic mass is 15.2. The zero-order valence-corrected chi connectivity index (χ0v) is 10.3. The Labute approximate surface area is 89.5 Å². The molecule has 3 heteroatoms. The Morgan fingerprint density at radius 3 is 2.14 bits per heavy atom. The van der Waals surface area contributed by atoms with E-state index in [1.165, 1.54) is 39.1 Å². The second-order valence-corrected chi connectivity index (χ2v) is 3.60. The molecule has 0 aliphatic carbocycles. The molecule has 3 nitrogen and oxygen atoms in total. The largest absolute Gasteiger partial charge is 0.320 e. The Bertz CT molecular complexity index is 109. The minimum Gasteiger partial charge on any atom is -0.320 e. The van der Waals surface area contributed by atoms with Crippen LogP contribution in [0.5, 0.6) is 0 Å². The fourth-order valence-corrected chi connectivity index (χ4v) is 1.55. The molecular formula is C11H27N3. The number of hydrogen-bond acceptors (Lipinski definition) is 3. The summed E-state index contributed by atoms with van der Waals surface area (Å²) in [5, 5.41) is 3.18. The van der Waals surface area contributed by atoms with Crippen molar-refractivity contribution in [3.8, 4) is 0 Å². The van der Waals surface area contributed by atoms with Crippen molar-refractivity contribution >= 4 is 0 Å². The van der Waals surface area contributed by atoms with Gasteiger partial charge in [-0.15, -0.1) is 0 Å². The Morgan fingerprint density at radius 2 is 1.64 bits per heavy atom. The van der Waals surface area contributed by atoms with Crippen molar-refractivity contribution in [1.82, 2.24) is 15.1 Å². The molecule has 0 amide bonds. The van der Waals surface area contributed by atoms with Gasteiger partial charge in [-0.3, -0.25) is 0 Å². The molecule has 1 N–H and O–H groups in total. The highest BCUT2D eigenvalue weighted by Crippen LogP contribution is 1.99. The molecule has 1 fully saturated rings. The third-order valence-electron chi connectivity index (χ3n) is 2.50. The molecule has 0 unspecified atom stereocenters. The molecule has 1 rings (SSSR count). The van der Waals surface area contributed by atoms with Gasteiger partial charge < -0.3 is 15.1 Å². The first-order chi connectivity index (χ1) is 6.83. The molecule has 0 bridgehead atoms. The van der Waals surface area contributed by atoms with Gasteiger partial charge >= 0.3 is 0 Å². The second kappa shape index (κ2) is 9.44. The molecule has 1 aliphatic rings. The van der Waals surface area contributed by atoms with Crippen molar-refractivity contribution in [2.24, 2.45) is 0 Å². The minimum atomic E-state index is 1.15. The number of rotatable bonds is 4. The standard InChI is InChI=1S/C9H21N3.C2H6/c1-10-4-3-5-12-8-6-11(2)7-9-12;1-2/h10H,3-9H2,1-2H3;1-2H3. The third kappa shape index (κ3) is 6.35. The predicted octanol–water partition coefficient (Wildman–Crippen LogP) is 0.870. The summed E-state index contributed by atoms with van der Waals surface area (Å²) in [7, 11) is 4.22. The number of piperazine rings is 1. The van der Waals surface area contributed by atoms with Crippen LogP contribution in [0.3, 0.4) is 0 Å². The molecule has 1 aliphatic heterocycles. The van der Waals surface area contributed by atoms with E-state index in [0.717, 1.165) is 6.54 Å². The van der Waals surface area contributed by atoms with Gasteiger partial charge in [-0.25, -0.2) is 0 Å². The lowest BCUT2D eigenvalue weighted by atomic mass is 10.3. The molecule has 0 aromatic carbocycles. The highest BCUT2D eigenvalue weighted by molar-refractivity contribution is 4.68. The molecule has 0 atom stereocenters. The lowest BCUT2D eigenvalue weighted by Gasteiger charge is -2.32. The first-order valence-corrected chi connectivity index (χ1v) is 5.88. The summed E-state index contributed by atoms with van der Waals surface area (Å²) in [5.41, 5.74) is 0. The van der Waals surface area contributed by atoms with E-state index in [9.17, 15) is 0 Å². The summed E-state index contributed by atoms with van der Waals surface area (Å²) in [6, 6.07) is 0. The van der Waals surface area contributed by atoms with E-state index < -0.39 is 0 Å². The molecule has 0 aromatic rings. The average molecular weight is 201 g/mol. The van der Waals surface area contributed by atoms with Crippen LogP contribution < -0.4 is 5.32 Å². The Kier molecular flexibility index (Phi) is 9.35. The van der Waals surface area contributed by atoms with Gasteiger partial charge in [0.1, 0.15) is 0 Å². The molecule has 86 valence electrons. The maximum atomic E-state index is 3.18. The quantitative estimate of drug-likeness (QED) is 0.681. The van der Waals surface area contributed by atoms with E-state index in [2.05, 4.69) is 22.2 Å². The van der Waals surface area contributed by atoms with Crippen LogP contribution in [0.25, 0.3) is 0 Å². The molecule has 0 spiro atoms. The lowest BCUT2D eigenvalue weighted by Crippen LogP contribution is -2.45. The predicted molar refractivity (Wildman–Crippen MR) is 63.8 cm³/mol. The fraction of sp³-hybridized carbons (Fsp3) is 1.00. The van der Waals surface area contributed by atoms with E-state index in [4.69, 9.17) is 0 Å². The smallest absolute Gasteiger partial charge is 0.0110 e. The third-order valence-corrected chi connectivity index (χ3v) is 2.50. The maximum absolute atomic E-state index is 3.18. The van der Waals surface area contributed by atoms with Gasteiger partial charge in [0.2, 0.25) is 0 Å². The van der Waals surface area contributed by atoms with Crippen LogP contribution in [-0.4, -0.2) is 63.2 Å². The lowest BCUT2D eigenvalue weighted by molar-refractivity contribution is 0.153. The maximum Gasteiger partial charge on any atom is 0.0110 e. The van der Waals surface area contributed by atoms with Crippen molar-refractivity contribution < 1.29 is 0 Å². The average Bonchev–Trinajstić information content (AvgIpc) is 2.24.